The summed E-state index contributed by atoms with van der Waals surface area (Å²) >= 11 is 0. The van der Waals surface area contributed by atoms with E-state index in [0.717, 1.165) is 11.1 Å². The molecule has 4 heteroatoms. The Balaban J connectivity index is 2.30. The number of nitrogens with zero attached hydrogens (tertiary/aromatic N) is 2. The molecule has 2 aromatic rings. The molecule has 0 spiro atoms. The Bertz CT molecular complexity index is 558. The quantitative estimate of drug-likeness (QED) is 0.879. The molecule has 1 N–H and O–H groups in total. The maximum Gasteiger partial charge on any atom is 0.325 e. The standard InChI is InChI=1S/C13H14N2O2/c1-9-3-4-11(5-10(9)2)12-6-14-15(7-12)8-13(16)17/h3-7H,8H2,1-2H3,(H,16,17). The van der Waals surface area contributed by atoms with Gasteiger partial charge in [-0.05, 0) is 30.5 Å². The first-order valence-corrected chi connectivity index (χ1v) is 5.38. The summed E-state index contributed by atoms with van der Waals surface area (Å²) in [5.41, 5.74) is 4.46. The fraction of sp³-hybridized carbons (Fsp3) is 0.231. The van der Waals surface area contributed by atoms with Crippen LogP contribution in [0.1, 0.15) is 11.1 Å². The van der Waals surface area contributed by atoms with E-state index in [1.165, 1.54) is 15.8 Å². The van der Waals surface area contributed by atoms with E-state index in [-0.39, 0.29) is 6.54 Å². The SMILES string of the molecule is Cc1ccc(-c2cnn(CC(=O)O)c2)cc1C. The molecule has 0 aliphatic carbocycles. The van der Waals surface area contributed by atoms with E-state index in [9.17, 15) is 4.79 Å². The van der Waals surface area contributed by atoms with E-state index in [0.29, 0.717) is 0 Å². The van der Waals surface area contributed by atoms with Crippen LogP contribution in [0.5, 0.6) is 0 Å². The van der Waals surface area contributed by atoms with Crippen LogP contribution in [-0.4, -0.2) is 20.9 Å². The summed E-state index contributed by atoms with van der Waals surface area (Å²) in [7, 11) is 0. The molecule has 0 bridgehead atoms. The Morgan fingerprint density at radius 2 is 2.06 bits per heavy atom. The molecule has 88 valence electrons. The van der Waals surface area contributed by atoms with Crippen LogP contribution in [0.2, 0.25) is 0 Å². The van der Waals surface area contributed by atoms with E-state index >= 15 is 0 Å². The minimum Gasteiger partial charge on any atom is -0.480 e. The molecule has 0 unspecified atom stereocenters. The zero-order chi connectivity index (χ0) is 12.4. The van der Waals surface area contributed by atoms with E-state index in [4.69, 9.17) is 5.11 Å². The third-order valence-electron chi connectivity index (χ3n) is 2.77. The zero-order valence-electron chi connectivity index (χ0n) is 9.84. The molecule has 1 aromatic carbocycles. The molecule has 2 rings (SSSR count). The predicted octanol–water partition coefficient (Wildman–Crippen LogP) is 2.25. The number of carbonyl (C=O) groups is 1. The molecule has 0 atom stereocenters. The summed E-state index contributed by atoms with van der Waals surface area (Å²) in [6.45, 7) is 4.01. The van der Waals surface area contributed by atoms with Crippen molar-refractivity contribution in [3.05, 3.63) is 41.7 Å². The van der Waals surface area contributed by atoms with Gasteiger partial charge < -0.3 is 5.11 Å². The Morgan fingerprint density at radius 3 is 2.71 bits per heavy atom. The number of carboxylic acids is 1. The first-order chi connectivity index (χ1) is 8.06. The van der Waals surface area contributed by atoms with E-state index in [1.54, 1.807) is 12.4 Å². The smallest absolute Gasteiger partial charge is 0.325 e. The number of aromatic nitrogens is 2. The van der Waals surface area contributed by atoms with Crippen LogP contribution in [0, 0.1) is 13.8 Å². The molecule has 1 heterocycles. The molecule has 0 fully saturated rings. The van der Waals surface area contributed by atoms with E-state index in [1.807, 2.05) is 6.07 Å². The van der Waals surface area contributed by atoms with E-state index in [2.05, 4.69) is 31.1 Å². The number of hydrogen-bond donors (Lipinski definition) is 1. The summed E-state index contributed by atoms with van der Waals surface area (Å²) in [6, 6.07) is 6.15. The van der Waals surface area contributed by atoms with Gasteiger partial charge in [0.2, 0.25) is 0 Å². The van der Waals surface area contributed by atoms with Crippen LogP contribution in [0.4, 0.5) is 0 Å². The highest BCUT2D eigenvalue weighted by atomic mass is 16.4. The van der Waals surface area contributed by atoms with Crippen molar-refractivity contribution in [1.29, 1.82) is 0 Å². The molecule has 0 amide bonds. The van der Waals surface area contributed by atoms with Gasteiger partial charge in [0.15, 0.2) is 0 Å². The second-order valence-corrected chi connectivity index (χ2v) is 4.12. The van der Waals surface area contributed by atoms with Gasteiger partial charge in [-0.1, -0.05) is 18.2 Å². The first kappa shape index (κ1) is 11.4. The van der Waals surface area contributed by atoms with Crippen molar-refractivity contribution in [1.82, 2.24) is 9.78 Å². The van der Waals surface area contributed by atoms with Crippen molar-refractivity contribution in [2.24, 2.45) is 0 Å². The minimum absolute atomic E-state index is 0.106. The van der Waals surface area contributed by atoms with Gasteiger partial charge in [-0.3, -0.25) is 9.48 Å². The van der Waals surface area contributed by atoms with Crippen LogP contribution in [0.15, 0.2) is 30.6 Å². The molecular weight excluding hydrogens is 216 g/mol. The lowest BCUT2D eigenvalue weighted by atomic mass is 10.0. The fourth-order valence-corrected chi connectivity index (χ4v) is 1.66. The third-order valence-corrected chi connectivity index (χ3v) is 2.77. The molecule has 1 aromatic heterocycles. The van der Waals surface area contributed by atoms with Gasteiger partial charge in [0.1, 0.15) is 6.54 Å². The van der Waals surface area contributed by atoms with Crippen LogP contribution in [0.3, 0.4) is 0 Å². The fourth-order valence-electron chi connectivity index (χ4n) is 1.66. The molecule has 0 saturated heterocycles. The monoisotopic (exact) mass is 230 g/mol. The van der Waals surface area contributed by atoms with Gasteiger partial charge in [0, 0.05) is 11.8 Å². The molecule has 4 nitrogen and oxygen atoms in total. The molecule has 0 aliphatic rings. The van der Waals surface area contributed by atoms with Crippen LogP contribution >= 0.6 is 0 Å². The maximum absolute atomic E-state index is 10.6. The molecule has 17 heavy (non-hydrogen) atoms. The maximum atomic E-state index is 10.6. The minimum atomic E-state index is -0.889. The highest BCUT2D eigenvalue weighted by molar-refractivity contribution is 5.67. The normalized spacial score (nSPS) is 10.5. The van der Waals surface area contributed by atoms with Gasteiger partial charge >= 0.3 is 5.97 Å². The number of aliphatic carboxylic acids is 1. The Kier molecular flexibility index (Phi) is 2.95. The van der Waals surface area contributed by atoms with Crippen LogP contribution in [-0.2, 0) is 11.3 Å². The Morgan fingerprint density at radius 1 is 1.29 bits per heavy atom. The lowest BCUT2D eigenvalue weighted by molar-refractivity contribution is -0.137. The van der Waals surface area contributed by atoms with Crippen LogP contribution < -0.4 is 0 Å². The van der Waals surface area contributed by atoms with Crippen molar-refractivity contribution in [2.75, 3.05) is 0 Å². The molecular formula is C13H14N2O2. The van der Waals surface area contributed by atoms with Crippen molar-refractivity contribution in [3.63, 3.8) is 0 Å². The average molecular weight is 230 g/mol. The average Bonchev–Trinajstić information content (AvgIpc) is 2.69. The number of benzene rings is 1. The van der Waals surface area contributed by atoms with Crippen molar-refractivity contribution >= 4 is 5.97 Å². The predicted molar refractivity (Wildman–Crippen MR) is 64.8 cm³/mol. The number of carboxylic acid groups (broad SMARTS) is 1. The lowest BCUT2D eigenvalue weighted by Gasteiger charge is -2.02. The Hall–Kier alpha value is -2.10. The van der Waals surface area contributed by atoms with Gasteiger partial charge in [0.05, 0.1) is 6.20 Å². The molecule has 0 radical (unpaired) electrons. The largest absolute Gasteiger partial charge is 0.480 e. The number of rotatable bonds is 3. The van der Waals surface area contributed by atoms with Gasteiger partial charge in [-0.2, -0.15) is 5.10 Å². The summed E-state index contributed by atoms with van der Waals surface area (Å²) in [5, 5.41) is 12.7. The van der Waals surface area contributed by atoms with Gasteiger partial charge in [0.25, 0.3) is 0 Å². The summed E-state index contributed by atoms with van der Waals surface area (Å²) in [5.74, 6) is -0.889. The molecule has 0 saturated carbocycles. The van der Waals surface area contributed by atoms with Crippen molar-refractivity contribution < 1.29 is 9.90 Å². The highest BCUT2D eigenvalue weighted by Gasteiger charge is 2.05. The number of aryl methyl sites for hydroxylation is 2. The summed E-state index contributed by atoms with van der Waals surface area (Å²) in [6.07, 6.45) is 3.44. The summed E-state index contributed by atoms with van der Waals surface area (Å²) < 4.78 is 1.42. The zero-order valence-corrected chi connectivity index (χ0v) is 9.84. The first-order valence-electron chi connectivity index (χ1n) is 5.38. The highest BCUT2D eigenvalue weighted by Crippen LogP contribution is 2.21. The van der Waals surface area contributed by atoms with E-state index < -0.39 is 5.97 Å². The Labute approximate surface area is 99.5 Å². The second kappa shape index (κ2) is 4.41. The van der Waals surface area contributed by atoms with Crippen LogP contribution in [0.25, 0.3) is 11.1 Å². The molecule has 0 aliphatic heterocycles. The number of hydrogen-bond acceptors (Lipinski definition) is 2. The summed E-state index contributed by atoms with van der Waals surface area (Å²) in [4.78, 5) is 10.6. The van der Waals surface area contributed by atoms with Gasteiger partial charge in [-0.25, -0.2) is 0 Å². The lowest BCUT2D eigenvalue weighted by Crippen LogP contribution is -2.08. The second-order valence-electron chi connectivity index (χ2n) is 4.12. The third kappa shape index (κ3) is 2.53. The topological polar surface area (TPSA) is 55.1 Å². The van der Waals surface area contributed by atoms with Crippen molar-refractivity contribution in [2.45, 2.75) is 20.4 Å². The van der Waals surface area contributed by atoms with Crippen molar-refractivity contribution in [3.8, 4) is 11.1 Å². The van der Waals surface area contributed by atoms with Gasteiger partial charge in [-0.15, -0.1) is 0 Å².